The van der Waals surface area contributed by atoms with Crippen molar-refractivity contribution in [3.8, 4) is 0 Å². The van der Waals surface area contributed by atoms with Crippen LogP contribution in [0.1, 0.15) is 39.5 Å². The summed E-state index contributed by atoms with van der Waals surface area (Å²) in [6.45, 7) is 3.61. The van der Waals surface area contributed by atoms with Gasteiger partial charge in [0.05, 0.1) is 6.67 Å². The lowest BCUT2D eigenvalue weighted by molar-refractivity contribution is -0.137. The van der Waals surface area contributed by atoms with E-state index in [4.69, 9.17) is 5.11 Å². The van der Waals surface area contributed by atoms with Crippen molar-refractivity contribution in [3.63, 3.8) is 0 Å². The zero-order chi connectivity index (χ0) is 11.7. The summed E-state index contributed by atoms with van der Waals surface area (Å²) < 4.78 is 11.8. The summed E-state index contributed by atoms with van der Waals surface area (Å²) in [7, 11) is 0. The third-order valence-corrected chi connectivity index (χ3v) is 3.80. The van der Waals surface area contributed by atoms with Crippen molar-refractivity contribution in [1.29, 1.82) is 0 Å². The van der Waals surface area contributed by atoms with Gasteiger partial charge in [-0.3, -0.25) is 9.18 Å². The van der Waals surface area contributed by atoms with E-state index in [2.05, 4.69) is 0 Å². The van der Waals surface area contributed by atoms with Crippen LogP contribution in [0, 0.1) is 5.92 Å². The molecular weight excluding hydrogens is 215 g/mol. The van der Waals surface area contributed by atoms with Crippen LogP contribution in [0.4, 0.5) is 4.39 Å². The Hall–Kier alpha value is -0.250. The van der Waals surface area contributed by atoms with Crippen LogP contribution in [0.5, 0.6) is 0 Å². The van der Waals surface area contributed by atoms with Crippen molar-refractivity contribution in [2.45, 2.75) is 44.8 Å². The number of carbonyl (C=O) groups is 1. The second kappa shape index (κ2) is 9.01. The van der Waals surface area contributed by atoms with Crippen LogP contribution >= 0.6 is 11.8 Å². The van der Waals surface area contributed by atoms with E-state index < -0.39 is 5.97 Å². The van der Waals surface area contributed by atoms with E-state index in [9.17, 15) is 9.18 Å². The lowest BCUT2D eigenvalue weighted by Crippen LogP contribution is -2.22. The molecule has 0 aliphatic heterocycles. The Balaban J connectivity index is 3.50. The summed E-state index contributed by atoms with van der Waals surface area (Å²) in [6, 6.07) is 0. The summed E-state index contributed by atoms with van der Waals surface area (Å²) in [6.07, 6.45) is 3.54. The number of hydrogen-bond acceptors (Lipinski definition) is 2. The van der Waals surface area contributed by atoms with Crippen molar-refractivity contribution in [3.05, 3.63) is 0 Å². The van der Waals surface area contributed by atoms with E-state index in [1.807, 2.05) is 13.8 Å². The zero-order valence-corrected chi connectivity index (χ0v) is 10.4. The molecule has 0 amide bonds. The second-order valence-corrected chi connectivity index (χ2v) is 5.23. The highest BCUT2D eigenvalue weighted by Crippen LogP contribution is 2.21. The van der Waals surface area contributed by atoms with Crippen LogP contribution < -0.4 is 0 Å². The molecule has 0 saturated carbocycles. The average molecular weight is 236 g/mol. The number of unbranched alkanes of at least 4 members (excludes halogenated alkanes) is 3. The van der Waals surface area contributed by atoms with Crippen molar-refractivity contribution < 1.29 is 14.3 Å². The number of carboxylic acids is 1. The highest BCUT2D eigenvalue weighted by Gasteiger charge is 2.20. The Morgan fingerprint density at radius 2 is 1.87 bits per heavy atom. The Morgan fingerprint density at radius 3 is 2.33 bits per heavy atom. The maximum absolute atomic E-state index is 11.8. The second-order valence-electron chi connectivity index (χ2n) is 3.98. The molecule has 0 aromatic heterocycles. The first-order valence-electron chi connectivity index (χ1n) is 5.50. The van der Waals surface area contributed by atoms with E-state index in [0.29, 0.717) is 6.42 Å². The summed E-state index contributed by atoms with van der Waals surface area (Å²) in [4.78, 5) is 10.8. The normalized spacial score (nSPS) is 13.1. The highest BCUT2D eigenvalue weighted by atomic mass is 32.2. The number of alkyl halides is 1. The molecule has 15 heavy (non-hydrogen) atoms. The van der Waals surface area contributed by atoms with Crippen LogP contribution in [0.2, 0.25) is 0 Å². The maximum atomic E-state index is 11.8. The standard InChI is InChI=1S/C11H21FO2S/c1-9(2)10(11(13)14)15-8-6-4-3-5-7-12/h9-10H,3-8H2,1-2H3,(H,13,14). The molecule has 0 spiro atoms. The monoisotopic (exact) mass is 236 g/mol. The fourth-order valence-corrected chi connectivity index (χ4v) is 2.46. The molecule has 0 bridgehead atoms. The Labute approximate surface area is 95.6 Å². The number of aliphatic carboxylic acids is 1. The van der Waals surface area contributed by atoms with Crippen molar-refractivity contribution in [1.82, 2.24) is 0 Å². The number of carboxylic acid groups (broad SMARTS) is 1. The number of rotatable bonds is 9. The molecule has 0 rings (SSSR count). The Bertz CT molecular complexity index is 174. The largest absolute Gasteiger partial charge is 0.480 e. The van der Waals surface area contributed by atoms with Crippen LogP contribution in [0.15, 0.2) is 0 Å². The molecule has 1 N–H and O–H groups in total. The molecule has 0 heterocycles. The van der Waals surface area contributed by atoms with Crippen LogP contribution in [0.25, 0.3) is 0 Å². The third-order valence-electron chi connectivity index (χ3n) is 2.17. The minimum absolute atomic E-state index is 0.165. The summed E-state index contributed by atoms with van der Waals surface area (Å²) in [5.74, 6) is 0.304. The van der Waals surface area contributed by atoms with E-state index in [-0.39, 0.29) is 17.8 Å². The first kappa shape index (κ1) is 14.8. The molecule has 1 unspecified atom stereocenters. The first-order chi connectivity index (χ1) is 7.09. The van der Waals surface area contributed by atoms with Crippen molar-refractivity contribution in [2.24, 2.45) is 5.92 Å². The maximum Gasteiger partial charge on any atom is 0.316 e. The van der Waals surface area contributed by atoms with Crippen LogP contribution in [-0.4, -0.2) is 28.8 Å². The first-order valence-corrected chi connectivity index (χ1v) is 6.54. The fraction of sp³-hybridized carbons (Fsp3) is 0.909. The minimum Gasteiger partial charge on any atom is -0.480 e. The van der Waals surface area contributed by atoms with Gasteiger partial charge in [0, 0.05) is 0 Å². The Kier molecular flexibility index (Phi) is 8.86. The molecule has 0 fully saturated rings. The lowest BCUT2D eigenvalue weighted by atomic mass is 10.1. The van der Waals surface area contributed by atoms with Crippen molar-refractivity contribution in [2.75, 3.05) is 12.4 Å². The van der Waals surface area contributed by atoms with Gasteiger partial charge in [0.15, 0.2) is 0 Å². The number of halogens is 1. The molecule has 1 atom stereocenters. The lowest BCUT2D eigenvalue weighted by Gasteiger charge is -2.15. The van der Waals surface area contributed by atoms with Gasteiger partial charge >= 0.3 is 5.97 Å². The van der Waals surface area contributed by atoms with Gasteiger partial charge in [0.2, 0.25) is 0 Å². The molecule has 0 aromatic rings. The van der Waals surface area contributed by atoms with Gasteiger partial charge in [0.25, 0.3) is 0 Å². The molecule has 0 aliphatic carbocycles. The third kappa shape index (κ3) is 7.65. The molecule has 90 valence electrons. The minimum atomic E-state index is -0.723. The SMILES string of the molecule is CC(C)C(SCCCCCCF)C(=O)O. The molecule has 4 heteroatoms. The smallest absolute Gasteiger partial charge is 0.316 e. The van der Waals surface area contributed by atoms with Gasteiger partial charge in [-0.15, -0.1) is 11.8 Å². The molecule has 0 aromatic carbocycles. The highest BCUT2D eigenvalue weighted by molar-refractivity contribution is 8.00. The van der Waals surface area contributed by atoms with Crippen LogP contribution in [-0.2, 0) is 4.79 Å². The molecule has 2 nitrogen and oxygen atoms in total. The summed E-state index contributed by atoms with van der Waals surface area (Å²) in [5.41, 5.74) is 0. The molecule has 0 saturated heterocycles. The molecule has 0 aliphatic rings. The number of hydrogen-bond donors (Lipinski definition) is 1. The van der Waals surface area contributed by atoms with Gasteiger partial charge in [-0.2, -0.15) is 0 Å². The van der Waals surface area contributed by atoms with E-state index in [1.165, 1.54) is 11.8 Å². The predicted molar refractivity (Wildman–Crippen MR) is 63.2 cm³/mol. The zero-order valence-electron chi connectivity index (χ0n) is 9.54. The van der Waals surface area contributed by atoms with Crippen molar-refractivity contribution >= 4 is 17.7 Å². The Morgan fingerprint density at radius 1 is 1.27 bits per heavy atom. The summed E-state index contributed by atoms with van der Waals surface area (Å²) >= 11 is 1.50. The topological polar surface area (TPSA) is 37.3 Å². The van der Waals surface area contributed by atoms with Gasteiger partial charge in [0.1, 0.15) is 5.25 Å². The van der Waals surface area contributed by atoms with Gasteiger partial charge in [-0.1, -0.05) is 26.7 Å². The molecule has 0 radical (unpaired) electrons. The van der Waals surface area contributed by atoms with Crippen LogP contribution in [0.3, 0.4) is 0 Å². The summed E-state index contributed by atoms with van der Waals surface area (Å²) in [5, 5.41) is 8.61. The quantitative estimate of drug-likeness (QED) is 0.624. The number of thioether (sulfide) groups is 1. The van der Waals surface area contributed by atoms with Gasteiger partial charge in [-0.05, 0) is 24.5 Å². The predicted octanol–water partition coefficient (Wildman–Crippen LogP) is 3.36. The average Bonchev–Trinajstić information content (AvgIpc) is 2.15. The fourth-order valence-electron chi connectivity index (χ4n) is 1.31. The van der Waals surface area contributed by atoms with E-state index in [0.717, 1.165) is 25.0 Å². The van der Waals surface area contributed by atoms with Gasteiger partial charge in [-0.25, -0.2) is 0 Å². The van der Waals surface area contributed by atoms with E-state index >= 15 is 0 Å². The van der Waals surface area contributed by atoms with E-state index in [1.54, 1.807) is 0 Å². The molecular formula is C11H21FO2S. The van der Waals surface area contributed by atoms with Gasteiger partial charge < -0.3 is 5.11 Å².